The van der Waals surface area contributed by atoms with Gasteiger partial charge in [-0.2, -0.15) is 5.01 Å². The lowest BCUT2D eigenvalue weighted by atomic mass is 10.1. The van der Waals surface area contributed by atoms with Crippen LogP contribution in [0.1, 0.15) is 26.3 Å². The third kappa shape index (κ3) is 3.12. The van der Waals surface area contributed by atoms with Crippen molar-refractivity contribution < 1.29 is 19.5 Å². The van der Waals surface area contributed by atoms with Crippen LogP contribution in [0.25, 0.3) is 0 Å². The van der Waals surface area contributed by atoms with E-state index in [4.69, 9.17) is 0 Å². The number of benzene rings is 2. The molecule has 0 bridgehead atoms. The van der Waals surface area contributed by atoms with E-state index in [2.05, 4.69) is 5.43 Å². The molecule has 0 radical (unpaired) electrons. The van der Waals surface area contributed by atoms with E-state index in [0.29, 0.717) is 16.1 Å². The van der Waals surface area contributed by atoms with Crippen molar-refractivity contribution >= 4 is 18.2 Å². The Labute approximate surface area is 127 Å². The molecule has 6 nitrogen and oxygen atoms in total. The fourth-order valence-corrected chi connectivity index (χ4v) is 1.90. The van der Waals surface area contributed by atoms with E-state index in [1.54, 1.807) is 43.3 Å². The third-order valence-corrected chi connectivity index (χ3v) is 3.07. The molecule has 0 aromatic heterocycles. The van der Waals surface area contributed by atoms with Gasteiger partial charge in [0.2, 0.25) is 6.41 Å². The molecule has 0 spiro atoms. The molecule has 0 aliphatic carbocycles. The minimum atomic E-state index is -0.757. The van der Waals surface area contributed by atoms with Gasteiger partial charge in [0.05, 0.1) is 5.56 Å². The number of phenols is 1. The molecular weight excluding hydrogens is 284 g/mol. The Bertz CT molecular complexity index is 728. The van der Waals surface area contributed by atoms with Crippen molar-refractivity contribution in [3.63, 3.8) is 0 Å². The lowest BCUT2D eigenvalue weighted by Gasteiger charge is -2.17. The van der Waals surface area contributed by atoms with Gasteiger partial charge in [-0.15, -0.1) is 0 Å². The first kappa shape index (κ1) is 15.2. The van der Waals surface area contributed by atoms with Gasteiger partial charge in [0.15, 0.2) is 0 Å². The van der Waals surface area contributed by atoms with Gasteiger partial charge in [-0.05, 0) is 30.7 Å². The highest BCUT2D eigenvalue weighted by molar-refractivity contribution is 6.04. The zero-order valence-corrected chi connectivity index (χ0v) is 11.8. The SMILES string of the molecule is Cc1ccccc1C(=O)N(C=O)NC(=O)c1ccccc1O. The molecular formula is C16H14N2O4. The number of nitrogens with zero attached hydrogens (tertiary/aromatic N) is 1. The average Bonchev–Trinajstić information content (AvgIpc) is 2.52. The summed E-state index contributed by atoms with van der Waals surface area (Å²) in [6.45, 7) is 1.72. The van der Waals surface area contributed by atoms with Gasteiger partial charge in [0.1, 0.15) is 5.75 Å². The Morgan fingerprint density at radius 2 is 1.64 bits per heavy atom. The number of carbonyl (C=O) groups excluding carboxylic acids is 3. The molecule has 112 valence electrons. The van der Waals surface area contributed by atoms with E-state index < -0.39 is 11.8 Å². The number of rotatable bonds is 3. The number of nitrogens with one attached hydrogen (secondary N) is 1. The molecule has 2 rings (SSSR count). The largest absolute Gasteiger partial charge is 0.507 e. The molecule has 0 fully saturated rings. The summed E-state index contributed by atoms with van der Waals surface area (Å²) in [7, 11) is 0. The summed E-state index contributed by atoms with van der Waals surface area (Å²) in [5, 5.41) is 10.2. The van der Waals surface area contributed by atoms with E-state index in [1.165, 1.54) is 12.1 Å². The summed E-state index contributed by atoms with van der Waals surface area (Å²) in [6.07, 6.45) is 0.215. The average molecular weight is 298 g/mol. The minimum absolute atomic E-state index is 0.0352. The molecule has 0 saturated heterocycles. The Morgan fingerprint density at radius 3 is 2.23 bits per heavy atom. The number of aromatic hydroxyl groups is 1. The highest BCUT2D eigenvalue weighted by atomic mass is 16.3. The summed E-state index contributed by atoms with van der Waals surface area (Å²) in [5.41, 5.74) is 3.11. The molecule has 6 heteroatoms. The number of hydrogen-bond donors (Lipinski definition) is 2. The van der Waals surface area contributed by atoms with Crippen molar-refractivity contribution in [1.29, 1.82) is 0 Å². The summed E-state index contributed by atoms with van der Waals surface area (Å²) < 4.78 is 0. The topological polar surface area (TPSA) is 86.7 Å². The van der Waals surface area contributed by atoms with Gasteiger partial charge < -0.3 is 5.11 Å². The third-order valence-electron chi connectivity index (χ3n) is 3.07. The molecule has 0 aliphatic rings. The van der Waals surface area contributed by atoms with E-state index in [-0.39, 0.29) is 17.7 Å². The fourth-order valence-electron chi connectivity index (χ4n) is 1.90. The molecule has 22 heavy (non-hydrogen) atoms. The molecule has 0 saturated carbocycles. The predicted molar refractivity (Wildman–Crippen MR) is 79.0 cm³/mol. The van der Waals surface area contributed by atoms with Crippen LogP contribution in [0.2, 0.25) is 0 Å². The van der Waals surface area contributed by atoms with Gasteiger partial charge in [-0.1, -0.05) is 30.3 Å². The van der Waals surface area contributed by atoms with E-state index in [9.17, 15) is 19.5 Å². The lowest BCUT2D eigenvalue weighted by Crippen LogP contribution is -2.45. The fraction of sp³-hybridized carbons (Fsp3) is 0.0625. The first-order chi connectivity index (χ1) is 10.5. The Balaban J connectivity index is 2.21. The van der Waals surface area contributed by atoms with Gasteiger partial charge in [-0.25, -0.2) is 0 Å². The van der Waals surface area contributed by atoms with Gasteiger partial charge in [-0.3, -0.25) is 19.8 Å². The number of phenolic OH excluding ortho intramolecular Hbond substituents is 1. The van der Waals surface area contributed by atoms with E-state index >= 15 is 0 Å². The van der Waals surface area contributed by atoms with Crippen molar-refractivity contribution in [3.05, 3.63) is 65.2 Å². The number of aryl methyl sites for hydroxylation is 1. The second kappa shape index (κ2) is 6.53. The summed E-state index contributed by atoms with van der Waals surface area (Å²) in [4.78, 5) is 35.4. The van der Waals surface area contributed by atoms with Crippen LogP contribution in [-0.4, -0.2) is 28.3 Å². The summed E-state index contributed by atoms with van der Waals surface area (Å²) in [5.74, 6) is -1.65. The molecule has 2 aromatic carbocycles. The molecule has 2 aromatic rings. The lowest BCUT2D eigenvalue weighted by molar-refractivity contribution is -0.117. The van der Waals surface area contributed by atoms with Gasteiger partial charge in [0.25, 0.3) is 11.8 Å². The first-order valence-electron chi connectivity index (χ1n) is 6.48. The number of imide groups is 1. The number of amides is 3. The van der Waals surface area contributed by atoms with Crippen molar-refractivity contribution in [2.45, 2.75) is 6.92 Å². The second-order valence-electron chi connectivity index (χ2n) is 4.55. The Hall–Kier alpha value is -3.15. The van der Waals surface area contributed by atoms with Crippen LogP contribution < -0.4 is 5.43 Å². The summed E-state index contributed by atoms with van der Waals surface area (Å²) >= 11 is 0. The second-order valence-corrected chi connectivity index (χ2v) is 4.55. The monoisotopic (exact) mass is 298 g/mol. The predicted octanol–water partition coefficient (Wildman–Crippen LogP) is 1.64. The smallest absolute Gasteiger partial charge is 0.279 e. The standard InChI is InChI=1S/C16H14N2O4/c1-11-6-2-3-7-12(11)16(22)18(10-19)17-15(21)13-8-4-5-9-14(13)20/h2-10,20H,1H3,(H,17,21). The van der Waals surface area contributed by atoms with Crippen LogP contribution in [0.15, 0.2) is 48.5 Å². The highest BCUT2D eigenvalue weighted by Crippen LogP contribution is 2.15. The van der Waals surface area contributed by atoms with Crippen LogP contribution in [0.3, 0.4) is 0 Å². The van der Waals surface area contributed by atoms with Crippen molar-refractivity contribution in [2.24, 2.45) is 0 Å². The first-order valence-corrected chi connectivity index (χ1v) is 6.48. The molecule has 0 unspecified atom stereocenters. The van der Waals surface area contributed by atoms with Crippen molar-refractivity contribution in [3.8, 4) is 5.75 Å². The van der Waals surface area contributed by atoms with Crippen LogP contribution in [-0.2, 0) is 4.79 Å². The maximum absolute atomic E-state index is 12.3. The van der Waals surface area contributed by atoms with Crippen molar-refractivity contribution in [2.75, 3.05) is 0 Å². The van der Waals surface area contributed by atoms with Crippen LogP contribution in [0.4, 0.5) is 0 Å². The molecule has 0 atom stereocenters. The zero-order chi connectivity index (χ0) is 16.1. The van der Waals surface area contributed by atoms with Gasteiger partial charge >= 0.3 is 0 Å². The van der Waals surface area contributed by atoms with Gasteiger partial charge in [0, 0.05) is 5.56 Å². The Morgan fingerprint density at radius 1 is 1.05 bits per heavy atom. The van der Waals surface area contributed by atoms with Crippen molar-refractivity contribution in [1.82, 2.24) is 10.4 Å². The molecule has 0 aliphatic heterocycles. The molecule has 0 heterocycles. The summed E-state index contributed by atoms with van der Waals surface area (Å²) in [6, 6.07) is 12.5. The van der Waals surface area contributed by atoms with E-state index in [1.807, 2.05) is 0 Å². The quantitative estimate of drug-likeness (QED) is 0.666. The normalized spacial score (nSPS) is 9.86. The highest BCUT2D eigenvalue weighted by Gasteiger charge is 2.20. The molecule has 2 N–H and O–H groups in total. The van der Waals surface area contributed by atoms with Crippen LogP contribution >= 0.6 is 0 Å². The van der Waals surface area contributed by atoms with Crippen LogP contribution in [0, 0.1) is 6.92 Å². The maximum atomic E-state index is 12.3. The number of hydrazine groups is 1. The number of hydrogen-bond acceptors (Lipinski definition) is 4. The maximum Gasteiger partial charge on any atom is 0.279 e. The zero-order valence-electron chi connectivity index (χ0n) is 11.8. The number of carbonyl (C=O) groups is 3. The number of para-hydroxylation sites is 1. The van der Waals surface area contributed by atoms with E-state index in [0.717, 1.165) is 0 Å². The minimum Gasteiger partial charge on any atom is -0.507 e. The Kier molecular flexibility index (Phi) is 4.53. The molecule has 3 amide bonds. The van der Waals surface area contributed by atoms with Crippen LogP contribution in [0.5, 0.6) is 5.75 Å².